The maximum absolute atomic E-state index is 12.3. The molecule has 1 saturated heterocycles. The molecule has 1 fully saturated rings. The first kappa shape index (κ1) is 15.0. The molecule has 0 aromatic carbocycles. The first-order valence-corrected chi connectivity index (χ1v) is 7.47. The van der Waals surface area contributed by atoms with E-state index in [4.69, 9.17) is 0 Å². The van der Waals surface area contributed by atoms with Gasteiger partial charge in [0.2, 0.25) is 5.91 Å². The van der Waals surface area contributed by atoms with E-state index in [2.05, 4.69) is 29.8 Å². The summed E-state index contributed by atoms with van der Waals surface area (Å²) in [6, 6.07) is 6.31. The van der Waals surface area contributed by atoms with Gasteiger partial charge in [0.05, 0.1) is 5.69 Å². The van der Waals surface area contributed by atoms with Crippen molar-refractivity contribution >= 4 is 5.91 Å². The second-order valence-electron chi connectivity index (χ2n) is 5.91. The van der Waals surface area contributed by atoms with E-state index in [-0.39, 0.29) is 12.0 Å². The summed E-state index contributed by atoms with van der Waals surface area (Å²) in [6.45, 7) is 6.99. The van der Waals surface area contributed by atoms with E-state index in [0.29, 0.717) is 5.91 Å². The number of aromatic nitrogens is 1. The van der Waals surface area contributed by atoms with Gasteiger partial charge in [-0.05, 0) is 51.9 Å². The molecule has 0 spiro atoms. The van der Waals surface area contributed by atoms with Gasteiger partial charge < -0.3 is 4.90 Å². The summed E-state index contributed by atoms with van der Waals surface area (Å²) >= 11 is 0. The van der Waals surface area contributed by atoms with Crippen LogP contribution in [0.15, 0.2) is 24.4 Å². The lowest BCUT2D eigenvalue weighted by molar-refractivity contribution is -0.137. The van der Waals surface area contributed by atoms with Crippen molar-refractivity contribution < 1.29 is 4.79 Å². The van der Waals surface area contributed by atoms with Gasteiger partial charge in [0.25, 0.3) is 0 Å². The molecule has 0 saturated carbocycles. The number of hydrogen-bond acceptors (Lipinski definition) is 3. The highest BCUT2D eigenvalue weighted by molar-refractivity contribution is 5.78. The Balaban J connectivity index is 1.82. The average molecular weight is 275 g/mol. The highest BCUT2D eigenvalue weighted by Crippen LogP contribution is 2.21. The minimum absolute atomic E-state index is 0.197. The van der Waals surface area contributed by atoms with Crippen LogP contribution in [0.4, 0.5) is 0 Å². The summed E-state index contributed by atoms with van der Waals surface area (Å²) < 4.78 is 0. The zero-order chi connectivity index (χ0) is 14.5. The summed E-state index contributed by atoms with van der Waals surface area (Å²) in [4.78, 5) is 20.9. The molecular weight excluding hydrogens is 250 g/mol. The fraction of sp³-hybridized carbons (Fsp3) is 0.625. The van der Waals surface area contributed by atoms with E-state index < -0.39 is 0 Å². The molecule has 0 N–H and O–H groups in total. The van der Waals surface area contributed by atoms with Crippen molar-refractivity contribution in [2.75, 3.05) is 20.1 Å². The number of carbonyl (C=O) groups is 1. The van der Waals surface area contributed by atoms with E-state index in [0.717, 1.165) is 38.2 Å². The Kier molecular flexibility index (Phi) is 5.12. The van der Waals surface area contributed by atoms with Gasteiger partial charge >= 0.3 is 0 Å². The molecule has 0 atom stereocenters. The normalized spacial score (nSPS) is 17.4. The SMILES string of the molecule is CC(C)N(C)C(=O)C1CCN(Cc2ccccn2)CC1. The molecule has 1 aliphatic rings. The topological polar surface area (TPSA) is 36.4 Å². The number of rotatable bonds is 4. The van der Waals surface area contributed by atoms with Gasteiger partial charge in [0, 0.05) is 31.7 Å². The van der Waals surface area contributed by atoms with Gasteiger partial charge in [-0.15, -0.1) is 0 Å². The third-order valence-corrected chi connectivity index (χ3v) is 4.17. The number of likely N-dealkylation sites (tertiary alicyclic amines) is 1. The molecule has 4 nitrogen and oxygen atoms in total. The maximum Gasteiger partial charge on any atom is 0.225 e. The first-order chi connectivity index (χ1) is 9.58. The van der Waals surface area contributed by atoms with Crippen molar-refractivity contribution in [2.45, 2.75) is 39.3 Å². The van der Waals surface area contributed by atoms with Crippen molar-refractivity contribution in [3.05, 3.63) is 30.1 Å². The van der Waals surface area contributed by atoms with Crippen LogP contribution in [0.1, 0.15) is 32.4 Å². The van der Waals surface area contributed by atoms with Crippen LogP contribution in [-0.4, -0.2) is 46.9 Å². The van der Waals surface area contributed by atoms with Crippen molar-refractivity contribution in [1.29, 1.82) is 0 Å². The zero-order valence-corrected chi connectivity index (χ0v) is 12.7. The highest BCUT2D eigenvalue weighted by Gasteiger charge is 2.27. The quantitative estimate of drug-likeness (QED) is 0.845. The van der Waals surface area contributed by atoms with Gasteiger partial charge in [0.15, 0.2) is 0 Å². The third-order valence-electron chi connectivity index (χ3n) is 4.17. The molecule has 20 heavy (non-hydrogen) atoms. The Labute approximate surface area is 121 Å². The van der Waals surface area contributed by atoms with Gasteiger partial charge in [-0.25, -0.2) is 0 Å². The smallest absolute Gasteiger partial charge is 0.225 e. The molecule has 110 valence electrons. The van der Waals surface area contributed by atoms with Crippen molar-refractivity contribution in [3.8, 4) is 0 Å². The molecule has 1 aromatic heterocycles. The van der Waals surface area contributed by atoms with E-state index in [1.807, 2.05) is 30.3 Å². The standard InChI is InChI=1S/C16H25N3O/c1-13(2)18(3)16(20)14-7-10-19(11-8-14)12-15-6-4-5-9-17-15/h4-6,9,13-14H,7-8,10-12H2,1-3H3. The maximum atomic E-state index is 12.3. The van der Waals surface area contributed by atoms with Gasteiger partial charge in [0.1, 0.15) is 0 Å². The van der Waals surface area contributed by atoms with Crippen LogP contribution in [0.25, 0.3) is 0 Å². The van der Waals surface area contributed by atoms with E-state index >= 15 is 0 Å². The third kappa shape index (κ3) is 3.79. The van der Waals surface area contributed by atoms with Gasteiger partial charge in [-0.3, -0.25) is 14.7 Å². The van der Waals surface area contributed by atoms with Crippen LogP contribution in [0, 0.1) is 5.92 Å². The number of pyridine rings is 1. The number of nitrogens with zero attached hydrogens (tertiary/aromatic N) is 3. The molecule has 1 aromatic rings. The van der Waals surface area contributed by atoms with Crippen LogP contribution in [0.5, 0.6) is 0 Å². The molecule has 1 aliphatic heterocycles. The zero-order valence-electron chi connectivity index (χ0n) is 12.7. The molecule has 0 radical (unpaired) electrons. The molecular formula is C16H25N3O. The van der Waals surface area contributed by atoms with Crippen LogP contribution < -0.4 is 0 Å². The lowest BCUT2D eigenvalue weighted by Gasteiger charge is -2.34. The summed E-state index contributed by atoms with van der Waals surface area (Å²) in [5.41, 5.74) is 1.11. The van der Waals surface area contributed by atoms with Crippen LogP contribution in [0.2, 0.25) is 0 Å². The summed E-state index contributed by atoms with van der Waals surface area (Å²) in [5, 5.41) is 0. The fourth-order valence-electron chi connectivity index (χ4n) is 2.60. The number of carbonyl (C=O) groups excluding carboxylic acids is 1. The number of amides is 1. The Morgan fingerprint density at radius 3 is 2.65 bits per heavy atom. The molecule has 4 heteroatoms. The predicted octanol–water partition coefficient (Wildman–Crippen LogP) is 2.16. The molecule has 0 aliphatic carbocycles. The Bertz CT molecular complexity index is 425. The van der Waals surface area contributed by atoms with Crippen molar-refractivity contribution in [3.63, 3.8) is 0 Å². The monoisotopic (exact) mass is 275 g/mol. The molecule has 2 heterocycles. The summed E-state index contributed by atoms with van der Waals surface area (Å²) in [5.74, 6) is 0.500. The average Bonchev–Trinajstić information content (AvgIpc) is 2.47. The van der Waals surface area contributed by atoms with Crippen molar-refractivity contribution in [1.82, 2.24) is 14.8 Å². The lowest BCUT2D eigenvalue weighted by Crippen LogP contribution is -2.43. The summed E-state index contributed by atoms with van der Waals surface area (Å²) in [7, 11) is 1.91. The fourth-order valence-corrected chi connectivity index (χ4v) is 2.60. The highest BCUT2D eigenvalue weighted by atomic mass is 16.2. The molecule has 0 bridgehead atoms. The Hall–Kier alpha value is -1.42. The van der Waals surface area contributed by atoms with Gasteiger partial charge in [-0.1, -0.05) is 6.07 Å². The summed E-state index contributed by atoms with van der Waals surface area (Å²) in [6.07, 6.45) is 3.76. The second-order valence-corrected chi connectivity index (χ2v) is 5.91. The van der Waals surface area contributed by atoms with Crippen LogP contribution in [0.3, 0.4) is 0 Å². The lowest BCUT2D eigenvalue weighted by atomic mass is 9.95. The van der Waals surface area contributed by atoms with Gasteiger partial charge in [-0.2, -0.15) is 0 Å². The largest absolute Gasteiger partial charge is 0.343 e. The van der Waals surface area contributed by atoms with Crippen molar-refractivity contribution in [2.24, 2.45) is 5.92 Å². The molecule has 0 unspecified atom stereocenters. The predicted molar refractivity (Wildman–Crippen MR) is 80.1 cm³/mol. The molecule has 1 amide bonds. The van der Waals surface area contributed by atoms with Crippen LogP contribution >= 0.6 is 0 Å². The van der Waals surface area contributed by atoms with E-state index in [1.54, 1.807) is 0 Å². The number of hydrogen-bond donors (Lipinski definition) is 0. The Morgan fingerprint density at radius 2 is 2.10 bits per heavy atom. The van der Waals surface area contributed by atoms with E-state index in [9.17, 15) is 4.79 Å². The minimum Gasteiger partial charge on any atom is -0.343 e. The first-order valence-electron chi connectivity index (χ1n) is 7.47. The van der Waals surface area contributed by atoms with Crippen LogP contribution in [-0.2, 0) is 11.3 Å². The molecule has 2 rings (SSSR count). The van der Waals surface area contributed by atoms with E-state index in [1.165, 1.54) is 0 Å². The Morgan fingerprint density at radius 1 is 1.40 bits per heavy atom. The minimum atomic E-state index is 0.197. The second kappa shape index (κ2) is 6.84. The number of piperidine rings is 1.